The fourth-order valence-corrected chi connectivity index (χ4v) is 3.61. The topological polar surface area (TPSA) is 108 Å². The Labute approximate surface area is 171 Å². The zero-order valence-electron chi connectivity index (χ0n) is 15.8. The molecular formula is C19H23BrN4O4. The SMILES string of the molecule is Cc1ccc(Br)cc1NC(=O)CCNC(=O)CN1C(=O)NC(C)(C2CC2)C1=O. The summed E-state index contributed by atoms with van der Waals surface area (Å²) in [6.45, 7) is 3.36. The van der Waals surface area contributed by atoms with Gasteiger partial charge in [0.2, 0.25) is 11.8 Å². The maximum absolute atomic E-state index is 12.5. The van der Waals surface area contributed by atoms with E-state index in [2.05, 4.69) is 31.9 Å². The second-order valence-corrected chi connectivity index (χ2v) is 8.32. The zero-order valence-corrected chi connectivity index (χ0v) is 17.4. The molecule has 1 aromatic rings. The van der Waals surface area contributed by atoms with Gasteiger partial charge in [-0.2, -0.15) is 0 Å². The Morgan fingerprint density at radius 2 is 2.00 bits per heavy atom. The minimum Gasteiger partial charge on any atom is -0.354 e. The van der Waals surface area contributed by atoms with Crippen molar-refractivity contribution in [3.8, 4) is 0 Å². The first-order chi connectivity index (χ1) is 13.2. The number of aryl methyl sites for hydroxylation is 1. The molecule has 2 fully saturated rings. The molecule has 1 saturated heterocycles. The minimum atomic E-state index is -0.904. The van der Waals surface area contributed by atoms with E-state index in [1.54, 1.807) is 13.0 Å². The Kier molecular flexibility index (Phi) is 5.74. The number of urea groups is 1. The van der Waals surface area contributed by atoms with Gasteiger partial charge in [0.15, 0.2) is 0 Å². The van der Waals surface area contributed by atoms with Crippen molar-refractivity contribution in [2.24, 2.45) is 5.92 Å². The van der Waals surface area contributed by atoms with Gasteiger partial charge in [-0.1, -0.05) is 22.0 Å². The van der Waals surface area contributed by atoms with Gasteiger partial charge in [0, 0.05) is 23.1 Å². The lowest BCUT2D eigenvalue weighted by atomic mass is 9.96. The first-order valence-electron chi connectivity index (χ1n) is 9.17. The molecule has 0 spiro atoms. The van der Waals surface area contributed by atoms with Crippen molar-refractivity contribution in [3.63, 3.8) is 0 Å². The standard InChI is InChI=1S/C19H23BrN4O4/c1-11-3-6-13(20)9-14(11)22-15(25)7-8-21-16(26)10-24-17(27)19(2,12-4-5-12)23-18(24)28/h3,6,9,12H,4-5,7-8,10H2,1-2H3,(H,21,26)(H,22,25)(H,23,28). The number of imide groups is 1. The zero-order chi connectivity index (χ0) is 20.5. The number of benzene rings is 1. The molecule has 1 unspecified atom stereocenters. The molecule has 8 nitrogen and oxygen atoms in total. The smallest absolute Gasteiger partial charge is 0.325 e. The van der Waals surface area contributed by atoms with Crippen LogP contribution in [0.25, 0.3) is 0 Å². The third-order valence-electron chi connectivity index (χ3n) is 5.14. The van der Waals surface area contributed by atoms with Crippen molar-refractivity contribution < 1.29 is 19.2 Å². The number of nitrogens with zero attached hydrogens (tertiary/aromatic N) is 1. The molecule has 9 heteroatoms. The predicted octanol–water partition coefficient (Wildman–Crippen LogP) is 1.92. The van der Waals surface area contributed by atoms with Gasteiger partial charge in [-0.3, -0.25) is 19.3 Å². The summed E-state index contributed by atoms with van der Waals surface area (Å²) in [6, 6.07) is 5.03. The van der Waals surface area contributed by atoms with Crippen LogP contribution < -0.4 is 16.0 Å². The van der Waals surface area contributed by atoms with Crippen molar-refractivity contribution in [2.75, 3.05) is 18.4 Å². The molecule has 2 aliphatic rings. The fourth-order valence-electron chi connectivity index (χ4n) is 3.25. The summed E-state index contributed by atoms with van der Waals surface area (Å²) in [5.41, 5.74) is 0.723. The van der Waals surface area contributed by atoms with E-state index in [1.807, 2.05) is 19.1 Å². The highest BCUT2D eigenvalue weighted by atomic mass is 79.9. The van der Waals surface area contributed by atoms with Gasteiger partial charge in [0.25, 0.3) is 5.91 Å². The maximum Gasteiger partial charge on any atom is 0.325 e. The van der Waals surface area contributed by atoms with Gasteiger partial charge in [0.1, 0.15) is 12.1 Å². The van der Waals surface area contributed by atoms with Gasteiger partial charge in [-0.25, -0.2) is 4.79 Å². The van der Waals surface area contributed by atoms with E-state index >= 15 is 0 Å². The molecule has 1 heterocycles. The van der Waals surface area contributed by atoms with E-state index in [0.717, 1.165) is 27.8 Å². The van der Waals surface area contributed by atoms with E-state index in [0.29, 0.717) is 5.69 Å². The Hall–Kier alpha value is -2.42. The highest BCUT2D eigenvalue weighted by molar-refractivity contribution is 9.10. The molecule has 150 valence electrons. The van der Waals surface area contributed by atoms with Crippen LogP contribution in [0.2, 0.25) is 0 Å². The number of carbonyl (C=O) groups is 4. The highest BCUT2D eigenvalue weighted by Gasteiger charge is 2.56. The molecule has 5 amide bonds. The summed E-state index contributed by atoms with van der Waals surface area (Å²) in [6.07, 6.45) is 1.88. The summed E-state index contributed by atoms with van der Waals surface area (Å²) in [5, 5.41) is 8.07. The predicted molar refractivity (Wildman–Crippen MR) is 107 cm³/mol. The van der Waals surface area contributed by atoms with Crippen LogP contribution in [0.3, 0.4) is 0 Å². The van der Waals surface area contributed by atoms with Gasteiger partial charge in [0.05, 0.1) is 0 Å². The van der Waals surface area contributed by atoms with E-state index in [9.17, 15) is 19.2 Å². The molecule has 1 aliphatic carbocycles. The number of anilines is 1. The van der Waals surface area contributed by atoms with Crippen LogP contribution in [0.1, 0.15) is 31.7 Å². The van der Waals surface area contributed by atoms with Crippen LogP contribution in [-0.4, -0.2) is 47.3 Å². The first kappa shape index (κ1) is 20.3. The summed E-state index contributed by atoms with van der Waals surface area (Å²) in [4.78, 5) is 49.7. The van der Waals surface area contributed by atoms with E-state index in [4.69, 9.17) is 0 Å². The first-order valence-corrected chi connectivity index (χ1v) is 9.97. The third kappa shape index (κ3) is 4.35. The molecule has 28 heavy (non-hydrogen) atoms. The van der Waals surface area contributed by atoms with E-state index < -0.39 is 17.5 Å². The molecule has 0 radical (unpaired) electrons. The molecule has 3 N–H and O–H groups in total. The molecule has 1 aromatic carbocycles. The van der Waals surface area contributed by atoms with E-state index in [1.165, 1.54) is 0 Å². The van der Waals surface area contributed by atoms with Crippen LogP contribution >= 0.6 is 15.9 Å². The van der Waals surface area contributed by atoms with Gasteiger partial charge < -0.3 is 16.0 Å². The minimum absolute atomic E-state index is 0.0810. The Morgan fingerprint density at radius 1 is 1.29 bits per heavy atom. The number of halogens is 1. The lowest BCUT2D eigenvalue weighted by Crippen LogP contribution is -2.47. The Balaban J connectivity index is 1.44. The number of carbonyl (C=O) groups excluding carboxylic acids is 4. The Bertz CT molecular complexity index is 839. The van der Waals surface area contributed by atoms with Gasteiger partial charge in [-0.15, -0.1) is 0 Å². The van der Waals surface area contributed by atoms with Crippen molar-refractivity contribution in [3.05, 3.63) is 28.2 Å². The van der Waals surface area contributed by atoms with Crippen LogP contribution in [0.5, 0.6) is 0 Å². The average molecular weight is 451 g/mol. The maximum atomic E-state index is 12.5. The van der Waals surface area contributed by atoms with Crippen molar-refractivity contribution >= 4 is 45.4 Å². The average Bonchev–Trinajstić information content (AvgIpc) is 3.44. The highest BCUT2D eigenvalue weighted by Crippen LogP contribution is 2.42. The van der Waals surface area contributed by atoms with Gasteiger partial charge >= 0.3 is 6.03 Å². The van der Waals surface area contributed by atoms with Crippen molar-refractivity contribution in [1.29, 1.82) is 0 Å². The molecule has 0 bridgehead atoms. The second kappa shape index (κ2) is 7.90. The number of amides is 5. The monoisotopic (exact) mass is 450 g/mol. The summed E-state index contributed by atoms with van der Waals surface area (Å²) >= 11 is 3.36. The fraction of sp³-hybridized carbons (Fsp3) is 0.474. The lowest BCUT2D eigenvalue weighted by Gasteiger charge is -2.20. The largest absolute Gasteiger partial charge is 0.354 e. The third-order valence-corrected chi connectivity index (χ3v) is 5.64. The molecule has 0 aromatic heterocycles. The van der Waals surface area contributed by atoms with Crippen LogP contribution in [0.15, 0.2) is 22.7 Å². The quantitative estimate of drug-likeness (QED) is 0.551. The molecule has 1 aliphatic heterocycles. The Morgan fingerprint density at radius 3 is 2.68 bits per heavy atom. The summed E-state index contributed by atoms with van der Waals surface area (Å²) in [7, 11) is 0. The van der Waals surface area contributed by atoms with Gasteiger partial charge in [-0.05, 0) is 50.3 Å². The molecular weight excluding hydrogens is 428 g/mol. The normalized spacial score (nSPS) is 21.5. The van der Waals surface area contributed by atoms with Crippen LogP contribution in [-0.2, 0) is 14.4 Å². The summed E-state index contributed by atoms with van der Waals surface area (Å²) in [5.74, 6) is -0.937. The second-order valence-electron chi connectivity index (χ2n) is 7.41. The molecule has 1 saturated carbocycles. The van der Waals surface area contributed by atoms with Crippen molar-refractivity contribution in [1.82, 2.24) is 15.5 Å². The molecule has 1 atom stereocenters. The van der Waals surface area contributed by atoms with Crippen LogP contribution in [0, 0.1) is 12.8 Å². The lowest BCUT2D eigenvalue weighted by molar-refractivity contribution is -0.135. The summed E-state index contributed by atoms with van der Waals surface area (Å²) < 4.78 is 0.855. The number of hydrogen-bond donors (Lipinski definition) is 3. The number of nitrogens with one attached hydrogen (secondary N) is 3. The number of hydrogen-bond acceptors (Lipinski definition) is 4. The van der Waals surface area contributed by atoms with Crippen molar-refractivity contribution in [2.45, 2.75) is 38.6 Å². The van der Waals surface area contributed by atoms with Crippen LogP contribution in [0.4, 0.5) is 10.5 Å². The molecule has 3 rings (SSSR count). The van der Waals surface area contributed by atoms with E-state index in [-0.39, 0.29) is 37.2 Å². The number of rotatable bonds is 7.